The van der Waals surface area contributed by atoms with Gasteiger partial charge in [0.1, 0.15) is 12.4 Å². The van der Waals surface area contributed by atoms with E-state index >= 15 is 0 Å². The van der Waals surface area contributed by atoms with E-state index in [0.717, 1.165) is 34.4 Å². The van der Waals surface area contributed by atoms with E-state index in [2.05, 4.69) is 10.6 Å². The minimum absolute atomic E-state index is 0.00834. The second-order valence-corrected chi connectivity index (χ2v) is 8.00. The highest BCUT2D eigenvalue weighted by Crippen LogP contribution is 2.44. The molecule has 180 valence electrons. The molecular weight excluding hydrogens is 455 g/mol. The molecule has 0 saturated heterocycles. The number of carbonyl (C=O) groups is 3. The molecule has 3 aromatic carbocycles. The van der Waals surface area contributed by atoms with Gasteiger partial charge in [-0.2, -0.15) is 0 Å². The average molecular weight is 478 g/mol. The Labute approximate surface area is 200 Å². The van der Waals surface area contributed by atoms with Crippen molar-refractivity contribution in [3.8, 4) is 11.1 Å². The molecule has 8 nitrogen and oxygen atoms in total. The molecule has 1 unspecified atom stereocenters. The number of carboxylic acids is 1. The summed E-state index contributed by atoms with van der Waals surface area (Å²) in [6.07, 6.45) is -0.813. The molecule has 1 atom stereocenters. The van der Waals surface area contributed by atoms with Gasteiger partial charge in [-0.25, -0.2) is 14.0 Å². The van der Waals surface area contributed by atoms with Gasteiger partial charge in [-0.15, -0.1) is 0 Å². The van der Waals surface area contributed by atoms with Crippen molar-refractivity contribution in [2.24, 2.45) is 0 Å². The van der Waals surface area contributed by atoms with Gasteiger partial charge in [0, 0.05) is 24.3 Å². The number of hydrogen-bond acceptors (Lipinski definition) is 5. The van der Waals surface area contributed by atoms with Gasteiger partial charge >= 0.3 is 12.1 Å². The van der Waals surface area contributed by atoms with Crippen molar-refractivity contribution >= 4 is 23.7 Å². The second kappa shape index (κ2) is 10.4. The summed E-state index contributed by atoms with van der Waals surface area (Å²) >= 11 is 0. The highest BCUT2D eigenvalue weighted by atomic mass is 19.1. The van der Waals surface area contributed by atoms with Gasteiger partial charge in [0.2, 0.25) is 0 Å². The van der Waals surface area contributed by atoms with E-state index in [4.69, 9.17) is 14.6 Å². The standard InChI is InChI=1S/C26H23FN2O6/c1-34-14-23(25(31)32)29-24(30)15-10-16(27)12-17(11-15)28-26(33)35-13-22-20-8-4-2-6-18(20)19-7-3-5-9-21(19)22/h2-12,22-23H,13-14H2,1H3,(H,28,33)(H,29,30)(H,31,32). The first-order valence-corrected chi connectivity index (χ1v) is 10.8. The third-order valence-corrected chi connectivity index (χ3v) is 5.69. The summed E-state index contributed by atoms with van der Waals surface area (Å²) in [6, 6.07) is 17.7. The second-order valence-electron chi connectivity index (χ2n) is 8.00. The summed E-state index contributed by atoms with van der Waals surface area (Å²) in [5, 5.41) is 13.8. The molecule has 0 bridgehead atoms. The molecule has 1 aliphatic rings. The van der Waals surface area contributed by atoms with Crippen molar-refractivity contribution in [2.75, 3.05) is 25.6 Å². The first kappa shape index (κ1) is 23.9. The smallest absolute Gasteiger partial charge is 0.411 e. The predicted octanol–water partition coefficient (Wildman–Crippen LogP) is 4.02. The summed E-state index contributed by atoms with van der Waals surface area (Å²) in [5.74, 6) is -3.06. The van der Waals surface area contributed by atoms with Crippen LogP contribution in [0.5, 0.6) is 0 Å². The van der Waals surface area contributed by atoms with Crippen LogP contribution in [0.4, 0.5) is 14.9 Å². The van der Waals surface area contributed by atoms with Crippen LogP contribution in [0.3, 0.4) is 0 Å². The van der Waals surface area contributed by atoms with Gasteiger partial charge in [-0.1, -0.05) is 48.5 Å². The Kier molecular flexibility index (Phi) is 7.07. The Morgan fingerprint density at radius 1 is 1.00 bits per heavy atom. The van der Waals surface area contributed by atoms with E-state index in [1.54, 1.807) is 0 Å². The van der Waals surface area contributed by atoms with Crippen LogP contribution in [-0.4, -0.2) is 49.4 Å². The van der Waals surface area contributed by atoms with Crippen LogP contribution in [0.15, 0.2) is 66.7 Å². The molecule has 0 spiro atoms. The zero-order chi connectivity index (χ0) is 24.9. The highest BCUT2D eigenvalue weighted by molar-refractivity contribution is 5.98. The molecule has 9 heteroatoms. The van der Waals surface area contributed by atoms with Crippen molar-refractivity contribution < 1.29 is 33.4 Å². The molecule has 3 aromatic rings. The maximum atomic E-state index is 14.1. The molecule has 4 rings (SSSR count). The lowest BCUT2D eigenvalue weighted by Crippen LogP contribution is -2.43. The van der Waals surface area contributed by atoms with E-state index in [-0.39, 0.29) is 30.4 Å². The lowest BCUT2D eigenvalue weighted by molar-refractivity contribution is -0.140. The van der Waals surface area contributed by atoms with Crippen LogP contribution in [0.1, 0.15) is 27.4 Å². The molecule has 0 fully saturated rings. The molecular formula is C26H23FN2O6. The largest absolute Gasteiger partial charge is 0.480 e. The summed E-state index contributed by atoms with van der Waals surface area (Å²) in [7, 11) is 1.29. The third-order valence-electron chi connectivity index (χ3n) is 5.69. The Bertz CT molecular complexity index is 1230. The summed E-state index contributed by atoms with van der Waals surface area (Å²) < 4.78 is 24.3. The average Bonchev–Trinajstić information content (AvgIpc) is 3.15. The van der Waals surface area contributed by atoms with E-state index in [1.165, 1.54) is 13.2 Å². The van der Waals surface area contributed by atoms with Gasteiger partial charge in [0.15, 0.2) is 6.04 Å². The molecule has 3 N–H and O–H groups in total. The maximum absolute atomic E-state index is 14.1. The number of carbonyl (C=O) groups excluding carboxylic acids is 2. The number of ether oxygens (including phenoxy) is 2. The molecule has 35 heavy (non-hydrogen) atoms. The third kappa shape index (κ3) is 5.30. The number of rotatable bonds is 8. The molecule has 0 heterocycles. The molecule has 2 amide bonds. The molecule has 1 aliphatic carbocycles. The Morgan fingerprint density at radius 3 is 2.23 bits per heavy atom. The Hall–Kier alpha value is -4.24. The fourth-order valence-corrected chi connectivity index (χ4v) is 4.13. The first-order valence-electron chi connectivity index (χ1n) is 10.8. The zero-order valence-corrected chi connectivity index (χ0v) is 18.8. The number of hydrogen-bond donors (Lipinski definition) is 3. The van der Waals surface area contributed by atoms with Gasteiger partial charge in [0.25, 0.3) is 5.91 Å². The van der Waals surface area contributed by atoms with Crippen LogP contribution in [0.25, 0.3) is 11.1 Å². The number of anilines is 1. The number of nitrogens with one attached hydrogen (secondary N) is 2. The van der Waals surface area contributed by atoms with Gasteiger partial charge in [-0.05, 0) is 40.5 Å². The Morgan fingerprint density at radius 2 is 1.63 bits per heavy atom. The van der Waals surface area contributed by atoms with E-state index in [0.29, 0.717) is 0 Å². The molecule has 0 aromatic heterocycles. The van der Waals surface area contributed by atoms with Crippen molar-refractivity contribution in [2.45, 2.75) is 12.0 Å². The van der Waals surface area contributed by atoms with Crippen molar-refractivity contribution in [1.29, 1.82) is 0 Å². The minimum atomic E-state index is -1.31. The van der Waals surface area contributed by atoms with E-state index in [1.807, 2.05) is 48.5 Å². The van der Waals surface area contributed by atoms with Crippen LogP contribution >= 0.6 is 0 Å². The molecule has 0 radical (unpaired) electrons. The monoisotopic (exact) mass is 478 g/mol. The van der Waals surface area contributed by atoms with Crippen LogP contribution in [-0.2, 0) is 14.3 Å². The SMILES string of the molecule is COCC(NC(=O)c1cc(F)cc(NC(=O)OCC2c3ccccc3-c3ccccc32)c1)C(=O)O. The quantitative estimate of drug-likeness (QED) is 0.451. The van der Waals surface area contributed by atoms with E-state index < -0.39 is 29.8 Å². The van der Waals surface area contributed by atoms with Crippen molar-refractivity contribution in [3.63, 3.8) is 0 Å². The predicted molar refractivity (Wildman–Crippen MR) is 126 cm³/mol. The number of halogens is 1. The fourth-order valence-electron chi connectivity index (χ4n) is 4.13. The fraction of sp³-hybridized carbons (Fsp3) is 0.192. The van der Waals surface area contributed by atoms with Crippen molar-refractivity contribution in [3.05, 3.63) is 89.2 Å². The number of methoxy groups -OCH3 is 1. The summed E-state index contributed by atoms with van der Waals surface area (Å²) in [5.41, 5.74) is 4.11. The van der Waals surface area contributed by atoms with Gasteiger partial charge in [0.05, 0.1) is 6.61 Å². The molecule has 0 saturated carbocycles. The van der Waals surface area contributed by atoms with Gasteiger partial charge < -0.3 is 19.9 Å². The number of benzene rings is 3. The number of amides is 2. The van der Waals surface area contributed by atoms with Crippen LogP contribution in [0, 0.1) is 5.82 Å². The molecule has 0 aliphatic heterocycles. The lowest BCUT2D eigenvalue weighted by Gasteiger charge is -2.15. The first-order chi connectivity index (χ1) is 16.9. The number of aliphatic carboxylic acids is 1. The zero-order valence-electron chi connectivity index (χ0n) is 18.8. The summed E-state index contributed by atoms with van der Waals surface area (Å²) in [4.78, 5) is 36.1. The maximum Gasteiger partial charge on any atom is 0.411 e. The summed E-state index contributed by atoms with van der Waals surface area (Å²) in [6.45, 7) is -0.193. The van der Waals surface area contributed by atoms with Crippen LogP contribution in [0.2, 0.25) is 0 Å². The normalized spacial score (nSPS) is 12.9. The minimum Gasteiger partial charge on any atom is -0.480 e. The number of carboxylic acid groups (broad SMARTS) is 1. The lowest BCUT2D eigenvalue weighted by atomic mass is 9.98. The topological polar surface area (TPSA) is 114 Å². The Balaban J connectivity index is 1.43. The highest BCUT2D eigenvalue weighted by Gasteiger charge is 2.29. The van der Waals surface area contributed by atoms with E-state index in [9.17, 15) is 18.8 Å². The van der Waals surface area contributed by atoms with Gasteiger partial charge in [-0.3, -0.25) is 10.1 Å². The van der Waals surface area contributed by atoms with Crippen molar-refractivity contribution in [1.82, 2.24) is 5.32 Å². The number of fused-ring (bicyclic) bond motifs is 3. The van der Waals surface area contributed by atoms with Crippen LogP contribution < -0.4 is 10.6 Å².